The second-order valence-electron chi connectivity index (χ2n) is 7.34. The Labute approximate surface area is 181 Å². The smallest absolute Gasteiger partial charge is 0.251 e. The number of benzene rings is 3. The molecule has 0 saturated carbocycles. The highest BCUT2D eigenvalue weighted by atomic mass is 16.5. The summed E-state index contributed by atoms with van der Waals surface area (Å²) in [7, 11) is 3.27. The number of methoxy groups -OCH3 is 2. The van der Waals surface area contributed by atoms with Crippen molar-refractivity contribution in [3.8, 4) is 22.6 Å². The van der Waals surface area contributed by atoms with Gasteiger partial charge in [0.15, 0.2) is 0 Å². The van der Waals surface area contributed by atoms with E-state index in [0.29, 0.717) is 12.1 Å². The summed E-state index contributed by atoms with van der Waals surface area (Å²) in [6, 6.07) is 18.8. The molecule has 31 heavy (non-hydrogen) atoms. The zero-order chi connectivity index (χ0) is 21.8. The predicted molar refractivity (Wildman–Crippen MR) is 122 cm³/mol. The summed E-state index contributed by atoms with van der Waals surface area (Å²) < 4.78 is 10.8. The van der Waals surface area contributed by atoms with E-state index in [2.05, 4.69) is 16.4 Å². The molecule has 4 rings (SSSR count). The molecule has 3 aromatic carbocycles. The number of nitrogens with one attached hydrogen (secondary N) is 1. The van der Waals surface area contributed by atoms with Crippen LogP contribution in [-0.4, -0.2) is 32.9 Å². The highest BCUT2D eigenvalue weighted by Gasteiger charge is 2.17. The van der Waals surface area contributed by atoms with Crippen LogP contribution in [0.15, 0.2) is 65.7 Å². The van der Waals surface area contributed by atoms with Gasteiger partial charge in [-0.3, -0.25) is 9.79 Å². The van der Waals surface area contributed by atoms with Crippen molar-refractivity contribution < 1.29 is 14.3 Å². The summed E-state index contributed by atoms with van der Waals surface area (Å²) in [6.07, 6.45) is 1.86. The fourth-order valence-corrected chi connectivity index (χ4v) is 3.75. The fraction of sp³-hybridized carbons (Fsp3) is 0.200. The van der Waals surface area contributed by atoms with Crippen molar-refractivity contribution >= 4 is 12.1 Å². The zero-order valence-electron chi connectivity index (χ0n) is 17.6. The maximum atomic E-state index is 13.0. The van der Waals surface area contributed by atoms with Crippen LogP contribution in [0.3, 0.4) is 0 Å². The lowest BCUT2D eigenvalue weighted by molar-refractivity contribution is 0.0938. The molecule has 6 nitrogen and oxygen atoms in total. The minimum absolute atomic E-state index is 0.185. The van der Waals surface area contributed by atoms with Gasteiger partial charge >= 0.3 is 0 Å². The molecule has 1 aliphatic rings. The first-order valence-corrected chi connectivity index (χ1v) is 10.1. The Balaban J connectivity index is 1.59. The van der Waals surface area contributed by atoms with Crippen molar-refractivity contribution in [2.24, 2.45) is 10.7 Å². The summed E-state index contributed by atoms with van der Waals surface area (Å²) in [5.41, 5.74) is 11.4. The molecule has 0 radical (unpaired) electrons. The number of fused-ring (bicyclic) bond motifs is 1. The minimum atomic E-state index is -0.317. The van der Waals surface area contributed by atoms with Gasteiger partial charge in [0.05, 0.1) is 26.8 Å². The molecule has 0 fully saturated rings. The first-order valence-electron chi connectivity index (χ1n) is 10.1. The Morgan fingerprint density at radius 1 is 1.06 bits per heavy atom. The molecule has 0 bridgehead atoms. The summed E-state index contributed by atoms with van der Waals surface area (Å²) in [4.78, 5) is 17.3. The minimum Gasteiger partial charge on any atom is -0.497 e. The SMILES string of the molecule is COc1cccc(C(CN)NC(=O)c2cccc(-c3cc4c(c(OC)c3)CN=C4)c2)c1. The van der Waals surface area contributed by atoms with E-state index in [1.807, 2.05) is 54.7 Å². The van der Waals surface area contributed by atoms with Crippen LogP contribution in [-0.2, 0) is 6.54 Å². The Kier molecular flexibility index (Phi) is 6.00. The van der Waals surface area contributed by atoms with Gasteiger partial charge in [0.1, 0.15) is 11.5 Å². The molecule has 1 aliphatic heterocycles. The van der Waals surface area contributed by atoms with Crippen LogP contribution in [0.1, 0.15) is 33.1 Å². The Morgan fingerprint density at radius 2 is 1.90 bits per heavy atom. The third kappa shape index (κ3) is 4.29. The van der Waals surface area contributed by atoms with Gasteiger partial charge in [0, 0.05) is 29.4 Å². The number of hydrogen-bond donors (Lipinski definition) is 2. The normalized spacial score (nSPS) is 12.9. The predicted octanol–water partition coefficient (Wildman–Crippen LogP) is 3.73. The van der Waals surface area contributed by atoms with Crippen molar-refractivity contribution in [2.75, 3.05) is 20.8 Å². The second kappa shape index (κ2) is 9.02. The molecule has 1 unspecified atom stereocenters. The molecule has 0 aliphatic carbocycles. The third-order valence-corrected chi connectivity index (χ3v) is 5.44. The first-order chi connectivity index (χ1) is 15.1. The van der Waals surface area contributed by atoms with Crippen LogP contribution in [0.5, 0.6) is 11.5 Å². The van der Waals surface area contributed by atoms with Crippen LogP contribution >= 0.6 is 0 Å². The number of hydrogen-bond acceptors (Lipinski definition) is 5. The van der Waals surface area contributed by atoms with E-state index in [0.717, 1.165) is 39.3 Å². The number of carbonyl (C=O) groups excluding carboxylic acids is 1. The summed E-state index contributed by atoms with van der Waals surface area (Å²) in [6.45, 7) is 0.909. The molecule has 6 heteroatoms. The highest BCUT2D eigenvalue weighted by molar-refractivity contribution is 5.96. The second-order valence-corrected chi connectivity index (χ2v) is 7.34. The lowest BCUT2D eigenvalue weighted by Crippen LogP contribution is -2.33. The van der Waals surface area contributed by atoms with Crippen LogP contribution < -0.4 is 20.5 Å². The largest absolute Gasteiger partial charge is 0.497 e. The van der Waals surface area contributed by atoms with Crippen molar-refractivity contribution in [3.63, 3.8) is 0 Å². The van der Waals surface area contributed by atoms with Gasteiger partial charge in [-0.05, 0) is 53.1 Å². The van der Waals surface area contributed by atoms with E-state index in [1.165, 1.54) is 0 Å². The quantitative estimate of drug-likeness (QED) is 0.616. The maximum Gasteiger partial charge on any atom is 0.251 e. The van der Waals surface area contributed by atoms with Gasteiger partial charge in [-0.1, -0.05) is 24.3 Å². The Morgan fingerprint density at radius 3 is 2.68 bits per heavy atom. The number of ether oxygens (including phenoxy) is 2. The Bertz CT molecular complexity index is 1140. The van der Waals surface area contributed by atoms with Crippen molar-refractivity contribution in [1.82, 2.24) is 5.32 Å². The van der Waals surface area contributed by atoms with Gasteiger partial charge in [0.25, 0.3) is 5.91 Å². The molecule has 3 N–H and O–H groups in total. The fourth-order valence-electron chi connectivity index (χ4n) is 3.75. The average molecular weight is 415 g/mol. The van der Waals surface area contributed by atoms with E-state index in [-0.39, 0.29) is 18.5 Å². The molecule has 3 aromatic rings. The number of amides is 1. The number of carbonyl (C=O) groups is 1. The molecular weight excluding hydrogens is 390 g/mol. The number of nitrogens with zero attached hydrogens (tertiary/aromatic N) is 1. The molecule has 1 amide bonds. The van der Waals surface area contributed by atoms with Crippen LogP contribution in [0.25, 0.3) is 11.1 Å². The van der Waals surface area contributed by atoms with Crippen molar-refractivity contribution in [1.29, 1.82) is 0 Å². The van der Waals surface area contributed by atoms with Gasteiger partial charge in [0.2, 0.25) is 0 Å². The van der Waals surface area contributed by atoms with Crippen LogP contribution in [0.2, 0.25) is 0 Å². The van der Waals surface area contributed by atoms with Gasteiger partial charge in [-0.15, -0.1) is 0 Å². The average Bonchev–Trinajstić information content (AvgIpc) is 3.30. The van der Waals surface area contributed by atoms with E-state index in [9.17, 15) is 4.79 Å². The van der Waals surface area contributed by atoms with Crippen LogP contribution in [0, 0.1) is 0 Å². The van der Waals surface area contributed by atoms with Crippen LogP contribution in [0.4, 0.5) is 0 Å². The third-order valence-electron chi connectivity index (χ3n) is 5.44. The van der Waals surface area contributed by atoms with E-state index in [1.54, 1.807) is 20.3 Å². The number of nitrogens with two attached hydrogens (primary N) is 1. The zero-order valence-corrected chi connectivity index (χ0v) is 17.6. The summed E-state index contributed by atoms with van der Waals surface area (Å²) in [5, 5.41) is 3.03. The van der Waals surface area contributed by atoms with Crippen molar-refractivity contribution in [3.05, 3.63) is 82.9 Å². The first kappa shape index (κ1) is 20.6. The summed E-state index contributed by atoms with van der Waals surface area (Å²) >= 11 is 0. The summed E-state index contributed by atoms with van der Waals surface area (Å²) in [5.74, 6) is 1.34. The van der Waals surface area contributed by atoms with Crippen molar-refractivity contribution in [2.45, 2.75) is 12.6 Å². The number of aliphatic imine (C=N–C) groups is 1. The molecule has 0 aromatic heterocycles. The Hall–Kier alpha value is -3.64. The lowest BCUT2D eigenvalue weighted by Gasteiger charge is -2.18. The topological polar surface area (TPSA) is 85.9 Å². The monoisotopic (exact) mass is 415 g/mol. The van der Waals surface area contributed by atoms with E-state index < -0.39 is 0 Å². The number of rotatable bonds is 7. The maximum absolute atomic E-state index is 13.0. The molecule has 1 atom stereocenters. The lowest BCUT2D eigenvalue weighted by atomic mass is 9.98. The van der Waals surface area contributed by atoms with Gasteiger partial charge < -0.3 is 20.5 Å². The standard InChI is InChI=1S/C25H25N3O3/c1-30-21-8-4-6-17(11-21)23(13-26)28-25(29)18-7-3-5-16(9-18)19-10-20-14-27-15-22(20)24(12-19)31-2/h3-12,14,23H,13,15,26H2,1-2H3,(H,28,29). The molecule has 0 spiro atoms. The molecule has 1 heterocycles. The molecule has 158 valence electrons. The molecular formula is C25H25N3O3. The van der Waals surface area contributed by atoms with Gasteiger partial charge in [-0.25, -0.2) is 0 Å². The van der Waals surface area contributed by atoms with E-state index in [4.69, 9.17) is 15.2 Å². The molecule has 0 saturated heterocycles. The van der Waals surface area contributed by atoms with E-state index >= 15 is 0 Å². The highest BCUT2D eigenvalue weighted by Crippen LogP contribution is 2.33. The van der Waals surface area contributed by atoms with Gasteiger partial charge in [-0.2, -0.15) is 0 Å².